The number of nitrogens with one attached hydrogen (secondary N) is 1. The monoisotopic (exact) mass is 339 g/mol. The van der Waals surface area contributed by atoms with E-state index in [1.165, 1.54) is 16.9 Å². The zero-order valence-corrected chi connectivity index (χ0v) is 14.1. The van der Waals surface area contributed by atoms with E-state index in [1.807, 2.05) is 19.1 Å². The van der Waals surface area contributed by atoms with Crippen molar-refractivity contribution < 1.29 is 9.53 Å². The van der Waals surface area contributed by atoms with Crippen LogP contribution in [0.5, 0.6) is 5.75 Å². The van der Waals surface area contributed by atoms with Gasteiger partial charge in [0.15, 0.2) is 0 Å². The van der Waals surface area contributed by atoms with Crippen LogP contribution in [0.1, 0.15) is 22.6 Å². The molecule has 1 amide bonds. The lowest BCUT2D eigenvalue weighted by molar-refractivity contribution is -0.113. The standard InChI is InChI=1S/C15H18ClN3O2S/c1-10-5-6-12(11(2)8-10)21-7-3-4-14-18-19-15(22-14)17-13(20)9-16/h5-6,8H,3-4,7,9H2,1-2H3,(H,17,19,20). The van der Waals surface area contributed by atoms with E-state index in [0.717, 1.165) is 29.2 Å². The Kier molecular flexibility index (Phi) is 6.15. The second-order valence-corrected chi connectivity index (χ2v) is 6.23. The molecule has 0 radical (unpaired) electrons. The van der Waals surface area contributed by atoms with E-state index in [0.29, 0.717) is 11.7 Å². The van der Waals surface area contributed by atoms with Gasteiger partial charge in [-0.15, -0.1) is 21.8 Å². The van der Waals surface area contributed by atoms with Gasteiger partial charge >= 0.3 is 0 Å². The van der Waals surface area contributed by atoms with E-state index in [1.54, 1.807) is 0 Å². The third-order valence-corrected chi connectivity index (χ3v) is 4.10. The lowest BCUT2D eigenvalue weighted by Crippen LogP contribution is -2.12. The Morgan fingerprint density at radius 2 is 2.18 bits per heavy atom. The summed E-state index contributed by atoms with van der Waals surface area (Å²) in [5.74, 6) is 0.555. The van der Waals surface area contributed by atoms with Crippen LogP contribution < -0.4 is 10.1 Å². The van der Waals surface area contributed by atoms with E-state index < -0.39 is 0 Å². The summed E-state index contributed by atoms with van der Waals surface area (Å²) in [5.41, 5.74) is 2.37. The van der Waals surface area contributed by atoms with Crippen LogP contribution in [-0.4, -0.2) is 28.6 Å². The maximum absolute atomic E-state index is 11.1. The minimum absolute atomic E-state index is 0.0847. The Morgan fingerprint density at radius 1 is 1.36 bits per heavy atom. The van der Waals surface area contributed by atoms with Gasteiger partial charge in [-0.1, -0.05) is 29.0 Å². The molecule has 22 heavy (non-hydrogen) atoms. The Bertz CT molecular complexity index is 645. The van der Waals surface area contributed by atoms with Crippen LogP contribution in [0, 0.1) is 13.8 Å². The van der Waals surface area contributed by atoms with Crippen molar-refractivity contribution in [2.45, 2.75) is 26.7 Å². The first-order chi connectivity index (χ1) is 10.6. The van der Waals surface area contributed by atoms with Crippen LogP contribution in [0.4, 0.5) is 5.13 Å². The maximum Gasteiger partial charge on any atom is 0.241 e. The smallest absolute Gasteiger partial charge is 0.241 e. The minimum Gasteiger partial charge on any atom is -0.493 e. The molecule has 0 aliphatic heterocycles. The predicted octanol–water partition coefficient (Wildman–Crippen LogP) is 3.34. The average Bonchev–Trinajstić information content (AvgIpc) is 2.92. The number of anilines is 1. The normalized spacial score (nSPS) is 10.5. The summed E-state index contributed by atoms with van der Waals surface area (Å²) in [6.07, 6.45) is 1.60. The maximum atomic E-state index is 11.1. The third kappa shape index (κ3) is 4.96. The van der Waals surface area contributed by atoms with Crippen molar-refractivity contribution >= 4 is 34.0 Å². The summed E-state index contributed by atoms with van der Waals surface area (Å²) in [6.45, 7) is 4.72. The summed E-state index contributed by atoms with van der Waals surface area (Å²) in [4.78, 5) is 11.1. The molecular formula is C15H18ClN3O2S. The molecule has 5 nitrogen and oxygen atoms in total. The molecule has 0 unspecified atom stereocenters. The van der Waals surface area contributed by atoms with E-state index in [9.17, 15) is 4.79 Å². The van der Waals surface area contributed by atoms with Gasteiger partial charge in [-0.05, 0) is 31.9 Å². The molecule has 1 aromatic carbocycles. The number of ether oxygens (including phenoxy) is 1. The fourth-order valence-corrected chi connectivity index (χ4v) is 2.79. The fourth-order valence-electron chi connectivity index (χ4n) is 1.92. The van der Waals surface area contributed by atoms with Crippen molar-refractivity contribution in [1.29, 1.82) is 0 Å². The molecule has 2 rings (SSSR count). The molecule has 1 heterocycles. The van der Waals surface area contributed by atoms with Crippen LogP contribution in [-0.2, 0) is 11.2 Å². The summed E-state index contributed by atoms with van der Waals surface area (Å²) in [6, 6.07) is 6.14. The molecule has 0 bridgehead atoms. The van der Waals surface area contributed by atoms with Crippen LogP contribution >= 0.6 is 22.9 Å². The van der Waals surface area contributed by atoms with E-state index >= 15 is 0 Å². The molecule has 0 spiro atoms. The van der Waals surface area contributed by atoms with Crippen LogP contribution in [0.2, 0.25) is 0 Å². The SMILES string of the molecule is Cc1ccc(OCCCc2nnc(NC(=O)CCl)s2)c(C)c1. The van der Waals surface area contributed by atoms with Crippen molar-refractivity contribution in [2.24, 2.45) is 0 Å². The second kappa shape index (κ2) is 8.10. The lowest BCUT2D eigenvalue weighted by atomic mass is 10.1. The Hall–Kier alpha value is -1.66. The number of hydrogen-bond acceptors (Lipinski definition) is 5. The van der Waals surface area contributed by atoms with Crippen molar-refractivity contribution in [1.82, 2.24) is 10.2 Å². The summed E-state index contributed by atoms with van der Waals surface area (Å²) < 4.78 is 5.77. The number of carbonyl (C=O) groups is 1. The number of aryl methyl sites for hydroxylation is 3. The van der Waals surface area contributed by atoms with E-state index in [-0.39, 0.29) is 11.8 Å². The molecule has 0 fully saturated rings. The topological polar surface area (TPSA) is 64.1 Å². The van der Waals surface area contributed by atoms with Crippen molar-refractivity contribution in [3.8, 4) is 5.75 Å². The fraction of sp³-hybridized carbons (Fsp3) is 0.400. The molecule has 1 N–H and O–H groups in total. The van der Waals surface area contributed by atoms with Gasteiger partial charge in [-0.3, -0.25) is 10.1 Å². The van der Waals surface area contributed by atoms with E-state index in [2.05, 4.69) is 28.5 Å². The molecule has 0 atom stereocenters. The van der Waals surface area contributed by atoms with E-state index in [4.69, 9.17) is 16.3 Å². The first-order valence-electron chi connectivity index (χ1n) is 6.96. The van der Waals surface area contributed by atoms with Crippen LogP contribution in [0.25, 0.3) is 0 Å². The number of amides is 1. The van der Waals surface area contributed by atoms with Crippen LogP contribution in [0.3, 0.4) is 0 Å². The third-order valence-electron chi connectivity index (χ3n) is 2.96. The van der Waals surface area contributed by atoms with Crippen molar-refractivity contribution in [3.63, 3.8) is 0 Å². The highest BCUT2D eigenvalue weighted by Gasteiger charge is 2.07. The Balaban J connectivity index is 1.76. The molecule has 1 aromatic heterocycles. The summed E-state index contributed by atoms with van der Waals surface area (Å²) >= 11 is 6.78. The zero-order chi connectivity index (χ0) is 15.9. The minimum atomic E-state index is -0.275. The van der Waals surface area contributed by atoms with Crippen molar-refractivity contribution in [2.75, 3.05) is 17.8 Å². The van der Waals surface area contributed by atoms with Gasteiger partial charge in [0.1, 0.15) is 16.6 Å². The summed E-state index contributed by atoms with van der Waals surface area (Å²) in [5, 5.41) is 11.9. The largest absolute Gasteiger partial charge is 0.493 e. The van der Waals surface area contributed by atoms with Gasteiger partial charge < -0.3 is 4.74 Å². The second-order valence-electron chi connectivity index (χ2n) is 4.90. The number of nitrogens with zero attached hydrogens (tertiary/aromatic N) is 2. The molecule has 0 aliphatic carbocycles. The Labute approximate surface area is 138 Å². The highest BCUT2D eigenvalue weighted by molar-refractivity contribution is 7.15. The van der Waals surface area contributed by atoms with Gasteiger partial charge in [0, 0.05) is 6.42 Å². The number of alkyl halides is 1. The van der Waals surface area contributed by atoms with Crippen molar-refractivity contribution in [3.05, 3.63) is 34.3 Å². The zero-order valence-electron chi connectivity index (χ0n) is 12.6. The molecule has 118 valence electrons. The first kappa shape index (κ1) is 16.7. The molecule has 7 heteroatoms. The quantitative estimate of drug-likeness (QED) is 0.620. The molecule has 0 saturated heterocycles. The van der Waals surface area contributed by atoms with Gasteiger partial charge in [0.2, 0.25) is 11.0 Å². The first-order valence-corrected chi connectivity index (χ1v) is 8.32. The van der Waals surface area contributed by atoms with Gasteiger partial charge in [-0.25, -0.2) is 0 Å². The molecule has 0 saturated carbocycles. The predicted molar refractivity (Wildman–Crippen MR) is 89.0 cm³/mol. The number of aromatic nitrogens is 2. The van der Waals surface area contributed by atoms with Gasteiger partial charge in [0.25, 0.3) is 0 Å². The van der Waals surface area contributed by atoms with Gasteiger partial charge in [-0.2, -0.15) is 0 Å². The summed E-state index contributed by atoms with van der Waals surface area (Å²) in [7, 11) is 0. The molecule has 2 aromatic rings. The number of benzene rings is 1. The number of carbonyl (C=O) groups excluding carboxylic acids is 1. The Morgan fingerprint density at radius 3 is 2.91 bits per heavy atom. The van der Waals surface area contributed by atoms with Crippen LogP contribution in [0.15, 0.2) is 18.2 Å². The highest BCUT2D eigenvalue weighted by atomic mass is 35.5. The molecular weight excluding hydrogens is 322 g/mol. The average molecular weight is 340 g/mol. The number of rotatable bonds is 7. The lowest BCUT2D eigenvalue weighted by Gasteiger charge is -2.09. The van der Waals surface area contributed by atoms with Gasteiger partial charge in [0.05, 0.1) is 6.61 Å². The highest BCUT2D eigenvalue weighted by Crippen LogP contribution is 2.20. The molecule has 0 aliphatic rings. The number of hydrogen-bond donors (Lipinski definition) is 1. The number of halogens is 1.